The van der Waals surface area contributed by atoms with Gasteiger partial charge in [-0.15, -0.1) is 11.3 Å². The van der Waals surface area contributed by atoms with Crippen LogP contribution in [-0.4, -0.2) is 36.2 Å². The number of aryl methyl sites for hydroxylation is 2. The first kappa shape index (κ1) is 16.2. The molecule has 25 heavy (non-hydrogen) atoms. The summed E-state index contributed by atoms with van der Waals surface area (Å²) in [5.41, 5.74) is 9.41. The molecule has 3 heterocycles. The summed E-state index contributed by atoms with van der Waals surface area (Å²) >= 11 is 3.14. The number of aliphatic hydroxyl groups excluding tert-OH is 1. The molecule has 0 atom stereocenters. The molecule has 7 nitrogen and oxygen atoms in total. The molecule has 128 valence electrons. The molecular weight excluding hydrogens is 356 g/mol. The molecule has 1 aromatic carbocycles. The van der Waals surface area contributed by atoms with Crippen molar-refractivity contribution in [3.05, 3.63) is 30.1 Å². The van der Waals surface area contributed by atoms with Gasteiger partial charge in [0.1, 0.15) is 6.33 Å². The molecule has 0 saturated carbocycles. The summed E-state index contributed by atoms with van der Waals surface area (Å²) in [5, 5.41) is 9.95. The Bertz CT molecular complexity index is 1060. The van der Waals surface area contributed by atoms with E-state index in [4.69, 9.17) is 10.7 Å². The fourth-order valence-electron chi connectivity index (χ4n) is 2.63. The largest absolute Gasteiger partial charge is 0.396 e. The molecule has 0 aliphatic carbocycles. The van der Waals surface area contributed by atoms with E-state index in [1.807, 2.05) is 16.7 Å². The summed E-state index contributed by atoms with van der Waals surface area (Å²) in [6.45, 7) is 2.79. The van der Waals surface area contributed by atoms with Crippen molar-refractivity contribution in [2.75, 3.05) is 12.3 Å². The number of hydrogen-bond acceptors (Lipinski definition) is 8. The second-order valence-electron chi connectivity index (χ2n) is 5.56. The van der Waals surface area contributed by atoms with Gasteiger partial charge in [-0.1, -0.05) is 12.1 Å². The Labute approximate surface area is 152 Å². The van der Waals surface area contributed by atoms with Crippen molar-refractivity contribution in [2.24, 2.45) is 0 Å². The topological polar surface area (TPSA) is 103 Å². The van der Waals surface area contributed by atoms with Crippen molar-refractivity contribution < 1.29 is 5.11 Å². The zero-order valence-corrected chi connectivity index (χ0v) is 15.1. The van der Waals surface area contributed by atoms with Gasteiger partial charge in [-0.05, 0) is 36.7 Å². The number of nitrogen functional groups attached to an aromatic ring is 1. The number of nitrogens with zero attached hydrogens (tertiary/aromatic N) is 5. The van der Waals surface area contributed by atoms with Crippen LogP contribution in [0.5, 0.6) is 0 Å². The summed E-state index contributed by atoms with van der Waals surface area (Å²) in [6.07, 6.45) is 2.05. The van der Waals surface area contributed by atoms with Crippen LogP contribution in [0.3, 0.4) is 0 Å². The van der Waals surface area contributed by atoms with Crippen LogP contribution in [-0.2, 0) is 6.54 Å². The lowest BCUT2D eigenvalue weighted by Gasteiger charge is -2.05. The monoisotopic (exact) mass is 372 g/mol. The van der Waals surface area contributed by atoms with Crippen LogP contribution < -0.4 is 5.73 Å². The van der Waals surface area contributed by atoms with E-state index in [1.165, 1.54) is 28.4 Å². The molecule has 3 aromatic heterocycles. The molecule has 0 fully saturated rings. The van der Waals surface area contributed by atoms with Crippen LogP contribution in [0.25, 0.3) is 21.4 Å². The number of thiazole rings is 1. The Morgan fingerprint density at radius 2 is 2.16 bits per heavy atom. The Morgan fingerprint density at radius 1 is 1.28 bits per heavy atom. The summed E-state index contributed by atoms with van der Waals surface area (Å²) in [5.74, 6) is 0.356. The zero-order chi connectivity index (χ0) is 17.4. The zero-order valence-electron chi connectivity index (χ0n) is 13.5. The maximum atomic E-state index is 9.19. The molecular formula is C16H16N6OS2. The van der Waals surface area contributed by atoms with Gasteiger partial charge in [-0.25, -0.2) is 19.9 Å². The van der Waals surface area contributed by atoms with Gasteiger partial charge in [0.25, 0.3) is 0 Å². The lowest BCUT2D eigenvalue weighted by Crippen LogP contribution is -2.03. The van der Waals surface area contributed by atoms with Crippen molar-refractivity contribution in [1.82, 2.24) is 24.5 Å². The Balaban J connectivity index is 1.79. The van der Waals surface area contributed by atoms with Crippen LogP contribution >= 0.6 is 23.1 Å². The van der Waals surface area contributed by atoms with E-state index >= 15 is 0 Å². The molecule has 0 amide bonds. The first-order valence-electron chi connectivity index (χ1n) is 7.79. The number of fused-ring (bicyclic) bond motifs is 2. The summed E-state index contributed by atoms with van der Waals surface area (Å²) < 4.78 is 4.06. The van der Waals surface area contributed by atoms with Crippen LogP contribution in [0.2, 0.25) is 0 Å². The fourth-order valence-corrected chi connectivity index (χ4v) is 4.76. The standard InChI is InChI=1S/C16H16N6OS2/c1-9-4-2-5-10-12(9)24-16(20-10)25-15-21-11-13(17)18-8-19-14(11)22(15)6-3-7-23/h2,4-5,8,23H,3,6-7H2,1H3,(H2,17,18,19). The van der Waals surface area contributed by atoms with Crippen molar-refractivity contribution >= 4 is 50.3 Å². The third-order valence-corrected chi connectivity index (χ3v) is 6.10. The van der Waals surface area contributed by atoms with E-state index < -0.39 is 0 Å². The highest BCUT2D eigenvalue weighted by Gasteiger charge is 2.17. The van der Waals surface area contributed by atoms with E-state index in [1.54, 1.807) is 11.3 Å². The average molecular weight is 372 g/mol. The summed E-state index contributed by atoms with van der Waals surface area (Å²) in [4.78, 5) is 17.6. The second-order valence-corrected chi connectivity index (χ2v) is 7.77. The lowest BCUT2D eigenvalue weighted by atomic mass is 10.2. The highest BCUT2D eigenvalue weighted by atomic mass is 32.2. The molecule has 4 rings (SSSR count). The predicted octanol–water partition coefficient (Wildman–Crippen LogP) is 2.86. The molecule has 0 bridgehead atoms. The molecule has 0 aliphatic rings. The molecule has 4 aromatic rings. The maximum absolute atomic E-state index is 9.19. The quantitative estimate of drug-likeness (QED) is 0.555. The van der Waals surface area contributed by atoms with Gasteiger partial charge in [0.15, 0.2) is 26.5 Å². The average Bonchev–Trinajstić information content (AvgIpc) is 3.16. The highest BCUT2D eigenvalue weighted by Crippen LogP contribution is 2.36. The van der Waals surface area contributed by atoms with Gasteiger partial charge < -0.3 is 15.4 Å². The molecule has 9 heteroatoms. The number of nitrogens with two attached hydrogens (primary N) is 1. The van der Waals surface area contributed by atoms with E-state index in [0.717, 1.165) is 15.0 Å². The fraction of sp³-hybridized carbons (Fsp3) is 0.250. The number of imidazole rings is 1. The Morgan fingerprint density at radius 3 is 2.96 bits per heavy atom. The van der Waals surface area contributed by atoms with Crippen molar-refractivity contribution in [3.8, 4) is 0 Å². The third kappa shape index (κ3) is 2.94. The van der Waals surface area contributed by atoms with Gasteiger partial charge in [-0.2, -0.15) is 0 Å². The van der Waals surface area contributed by atoms with Crippen LogP contribution in [0.4, 0.5) is 5.82 Å². The van der Waals surface area contributed by atoms with E-state index in [9.17, 15) is 5.11 Å². The molecule has 0 saturated heterocycles. The van der Waals surface area contributed by atoms with E-state index in [2.05, 4.69) is 27.9 Å². The first-order valence-corrected chi connectivity index (χ1v) is 9.42. The molecule has 0 unspecified atom stereocenters. The Kier molecular flexibility index (Phi) is 4.28. The number of benzene rings is 1. The van der Waals surface area contributed by atoms with Crippen LogP contribution in [0.15, 0.2) is 34.0 Å². The van der Waals surface area contributed by atoms with Crippen LogP contribution in [0, 0.1) is 6.92 Å². The number of aliphatic hydroxyl groups is 1. The number of hydrogen-bond donors (Lipinski definition) is 2. The van der Waals surface area contributed by atoms with Crippen LogP contribution in [0.1, 0.15) is 12.0 Å². The Hall–Kier alpha value is -2.23. The SMILES string of the molecule is Cc1cccc2nc(Sc3nc4c(N)ncnc4n3CCCO)sc12. The number of aromatic nitrogens is 5. The van der Waals surface area contributed by atoms with Gasteiger partial charge >= 0.3 is 0 Å². The number of rotatable bonds is 5. The maximum Gasteiger partial charge on any atom is 0.177 e. The smallest absolute Gasteiger partial charge is 0.177 e. The minimum absolute atomic E-state index is 0.102. The van der Waals surface area contributed by atoms with Crippen molar-refractivity contribution in [3.63, 3.8) is 0 Å². The minimum atomic E-state index is 0.102. The van der Waals surface area contributed by atoms with Gasteiger partial charge in [0.2, 0.25) is 0 Å². The van der Waals surface area contributed by atoms with E-state index in [-0.39, 0.29) is 6.61 Å². The molecule has 0 spiro atoms. The van der Waals surface area contributed by atoms with Crippen molar-refractivity contribution in [1.29, 1.82) is 0 Å². The minimum Gasteiger partial charge on any atom is -0.396 e. The molecule has 0 radical (unpaired) electrons. The van der Waals surface area contributed by atoms with Gasteiger partial charge in [0, 0.05) is 13.2 Å². The second kappa shape index (κ2) is 6.58. The number of anilines is 1. The lowest BCUT2D eigenvalue weighted by molar-refractivity contribution is 0.278. The van der Waals surface area contributed by atoms with Gasteiger partial charge in [0.05, 0.1) is 10.2 Å². The normalized spacial score (nSPS) is 11.6. The summed E-state index contributed by atoms with van der Waals surface area (Å²) in [7, 11) is 0. The highest BCUT2D eigenvalue weighted by molar-refractivity contribution is 8.01. The van der Waals surface area contributed by atoms with Crippen molar-refractivity contribution in [2.45, 2.75) is 29.4 Å². The molecule has 0 aliphatic heterocycles. The van der Waals surface area contributed by atoms with E-state index in [0.29, 0.717) is 29.9 Å². The summed E-state index contributed by atoms with van der Waals surface area (Å²) in [6, 6.07) is 6.11. The predicted molar refractivity (Wildman–Crippen MR) is 99.9 cm³/mol. The molecule has 3 N–H and O–H groups in total. The van der Waals surface area contributed by atoms with Gasteiger partial charge in [-0.3, -0.25) is 0 Å². The first-order chi connectivity index (χ1) is 12.2. The third-order valence-electron chi connectivity index (χ3n) is 3.84.